The quantitative estimate of drug-likeness (QED) is 0.784. The third-order valence-electron chi connectivity index (χ3n) is 3.90. The number of fused-ring (bicyclic) bond motifs is 1. The van der Waals surface area contributed by atoms with Gasteiger partial charge < -0.3 is 10.0 Å². The summed E-state index contributed by atoms with van der Waals surface area (Å²) in [7, 11) is 0. The zero-order valence-corrected chi connectivity index (χ0v) is 9.61. The van der Waals surface area contributed by atoms with Crippen LogP contribution in [0.1, 0.15) is 25.7 Å². The van der Waals surface area contributed by atoms with Gasteiger partial charge in [0.15, 0.2) is 0 Å². The first kappa shape index (κ1) is 13.2. The average molecular weight is 265 g/mol. The second-order valence-corrected chi connectivity index (χ2v) is 4.95. The Morgan fingerprint density at radius 1 is 1.17 bits per heavy atom. The van der Waals surface area contributed by atoms with Crippen LogP contribution in [-0.2, 0) is 9.59 Å². The lowest BCUT2D eigenvalue weighted by atomic mass is 9.78. The van der Waals surface area contributed by atoms with Crippen molar-refractivity contribution >= 4 is 11.9 Å². The minimum atomic E-state index is -5.00. The molecule has 1 saturated heterocycles. The Morgan fingerprint density at radius 3 is 2.33 bits per heavy atom. The highest BCUT2D eigenvalue weighted by atomic mass is 19.4. The fourth-order valence-corrected chi connectivity index (χ4v) is 3.16. The van der Waals surface area contributed by atoms with Crippen molar-refractivity contribution in [2.24, 2.45) is 11.8 Å². The predicted octanol–water partition coefficient (Wildman–Crippen LogP) is 1.65. The number of rotatable bonds is 1. The Hall–Kier alpha value is -1.27. The molecule has 0 aromatic heterocycles. The van der Waals surface area contributed by atoms with E-state index >= 15 is 0 Å². The normalized spacial score (nSPS) is 32.2. The molecule has 1 saturated carbocycles. The Bertz CT molecular complexity index is 369. The fourth-order valence-electron chi connectivity index (χ4n) is 3.16. The molecular formula is C11H14F3NO3. The lowest BCUT2D eigenvalue weighted by Crippen LogP contribution is -2.48. The van der Waals surface area contributed by atoms with E-state index in [2.05, 4.69) is 0 Å². The third kappa shape index (κ3) is 2.18. The molecule has 18 heavy (non-hydrogen) atoms. The van der Waals surface area contributed by atoms with Crippen molar-refractivity contribution in [3.8, 4) is 0 Å². The van der Waals surface area contributed by atoms with E-state index in [4.69, 9.17) is 5.11 Å². The summed E-state index contributed by atoms with van der Waals surface area (Å²) in [6.07, 6.45) is -2.00. The Morgan fingerprint density at radius 2 is 1.78 bits per heavy atom. The number of carboxylic acids is 1. The van der Waals surface area contributed by atoms with Gasteiger partial charge in [-0.3, -0.25) is 4.79 Å². The van der Waals surface area contributed by atoms with Crippen molar-refractivity contribution in [1.82, 2.24) is 4.90 Å². The van der Waals surface area contributed by atoms with E-state index in [1.54, 1.807) is 0 Å². The van der Waals surface area contributed by atoms with Crippen molar-refractivity contribution in [3.05, 3.63) is 0 Å². The molecule has 1 aliphatic carbocycles. The summed E-state index contributed by atoms with van der Waals surface area (Å²) in [4.78, 5) is 22.9. The van der Waals surface area contributed by atoms with Crippen LogP contribution in [0.25, 0.3) is 0 Å². The van der Waals surface area contributed by atoms with Gasteiger partial charge in [-0.1, -0.05) is 12.8 Å². The van der Waals surface area contributed by atoms with E-state index in [0.29, 0.717) is 17.7 Å². The summed E-state index contributed by atoms with van der Waals surface area (Å²) in [6.45, 7) is -0.0834. The molecule has 1 unspecified atom stereocenters. The van der Waals surface area contributed by atoms with Crippen molar-refractivity contribution in [1.29, 1.82) is 0 Å². The van der Waals surface area contributed by atoms with Crippen molar-refractivity contribution in [3.63, 3.8) is 0 Å². The highest BCUT2D eigenvalue weighted by molar-refractivity contribution is 5.88. The standard InChI is InChI=1S/C11H14F3NO3/c12-11(13,14)10(18)15-5-6-3-1-2-4-7(6)8(15)9(16)17/h6-8H,1-5H2,(H,16,17)/t6-,7-,8?/m1/s1. The number of likely N-dealkylation sites (tertiary alicyclic amines) is 1. The van der Waals surface area contributed by atoms with E-state index in [1.807, 2.05) is 0 Å². The maximum absolute atomic E-state index is 12.4. The SMILES string of the molecule is O=C(O)C1[C@@H]2CCCC[C@@H]2CN1C(=O)C(F)(F)F. The molecule has 7 heteroatoms. The largest absolute Gasteiger partial charge is 0.480 e. The summed E-state index contributed by atoms with van der Waals surface area (Å²) in [5.41, 5.74) is 0. The lowest BCUT2D eigenvalue weighted by Gasteiger charge is -2.27. The number of aliphatic carboxylic acids is 1. The third-order valence-corrected chi connectivity index (χ3v) is 3.90. The van der Waals surface area contributed by atoms with Crippen LogP contribution in [0.5, 0.6) is 0 Å². The number of carboxylic acid groups (broad SMARTS) is 1. The number of amides is 1. The van der Waals surface area contributed by atoms with Crippen LogP contribution in [0.15, 0.2) is 0 Å². The fraction of sp³-hybridized carbons (Fsp3) is 0.818. The minimum absolute atomic E-state index is 0.0834. The molecule has 0 spiro atoms. The molecule has 1 aliphatic heterocycles. The summed E-state index contributed by atoms with van der Waals surface area (Å²) >= 11 is 0. The number of carbonyl (C=O) groups is 2. The molecule has 1 heterocycles. The molecule has 3 atom stereocenters. The number of hydrogen-bond donors (Lipinski definition) is 1. The van der Waals surface area contributed by atoms with Gasteiger partial charge in [-0.05, 0) is 24.7 Å². The molecule has 4 nitrogen and oxygen atoms in total. The van der Waals surface area contributed by atoms with Gasteiger partial charge in [-0.15, -0.1) is 0 Å². The second-order valence-electron chi connectivity index (χ2n) is 4.95. The van der Waals surface area contributed by atoms with Crippen LogP contribution in [0.2, 0.25) is 0 Å². The molecule has 102 valence electrons. The van der Waals surface area contributed by atoms with Crippen LogP contribution in [0.4, 0.5) is 13.2 Å². The number of carbonyl (C=O) groups excluding carboxylic acids is 1. The van der Waals surface area contributed by atoms with E-state index in [0.717, 1.165) is 12.8 Å². The van der Waals surface area contributed by atoms with Crippen LogP contribution >= 0.6 is 0 Å². The Kier molecular flexibility index (Phi) is 3.25. The number of alkyl halides is 3. The molecular weight excluding hydrogens is 251 g/mol. The molecule has 1 amide bonds. The Labute approximate surface area is 102 Å². The molecule has 2 rings (SSSR count). The zero-order chi connectivity index (χ0) is 13.5. The van der Waals surface area contributed by atoms with Gasteiger partial charge in [0.05, 0.1) is 0 Å². The predicted molar refractivity (Wildman–Crippen MR) is 54.6 cm³/mol. The molecule has 2 fully saturated rings. The van der Waals surface area contributed by atoms with Gasteiger partial charge in [-0.2, -0.15) is 13.2 Å². The maximum atomic E-state index is 12.4. The van der Waals surface area contributed by atoms with Crippen LogP contribution in [0.3, 0.4) is 0 Å². The number of nitrogens with zero attached hydrogens (tertiary/aromatic N) is 1. The molecule has 0 aromatic carbocycles. The van der Waals surface area contributed by atoms with E-state index < -0.39 is 24.1 Å². The first-order valence-corrected chi connectivity index (χ1v) is 5.93. The summed E-state index contributed by atoms with van der Waals surface area (Å²) in [6, 6.07) is -1.32. The van der Waals surface area contributed by atoms with E-state index in [-0.39, 0.29) is 18.4 Å². The maximum Gasteiger partial charge on any atom is 0.471 e. The topological polar surface area (TPSA) is 57.6 Å². The molecule has 0 radical (unpaired) electrons. The molecule has 1 N–H and O–H groups in total. The number of hydrogen-bond acceptors (Lipinski definition) is 2. The molecule has 2 aliphatic rings. The van der Waals surface area contributed by atoms with Crippen molar-refractivity contribution < 1.29 is 27.9 Å². The van der Waals surface area contributed by atoms with E-state index in [1.165, 1.54) is 0 Å². The first-order valence-electron chi connectivity index (χ1n) is 5.93. The monoisotopic (exact) mass is 265 g/mol. The van der Waals surface area contributed by atoms with Gasteiger partial charge in [0.1, 0.15) is 6.04 Å². The highest BCUT2D eigenvalue weighted by Gasteiger charge is 2.54. The van der Waals surface area contributed by atoms with Crippen LogP contribution in [-0.4, -0.2) is 40.6 Å². The number of halogens is 3. The smallest absolute Gasteiger partial charge is 0.471 e. The summed E-state index contributed by atoms with van der Waals surface area (Å²) in [5.74, 6) is -3.79. The van der Waals surface area contributed by atoms with E-state index in [9.17, 15) is 22.8 Å². The summed E-state index contributed by atoms with van der Waals surface area (Å²) < 4.78 is 37.3. The lowest BCUT2D eigenvalue weighted by molar-refractivity contribution is -0.188. The molecule has 0 bridgehead atoms. The minimum Gasteiger partial charge on any atom is -0.480 e. The Balaban J connectivity index is 2.24. The van der Waals surface area contributed by atoms with Gasteiger partial charge in [-0.25, -0.2) is 4.79 Å². The average Bonchev–Trinajstić information content (AvgIpc) is 2.65. The van der Waals surface area contributed by atoms with Gasteiger partial charge >= 0.3 is 18.1 Å². The molecule has 0 aromatic rings. The zero-order valence-electron chi connectivity index (χ0n) is 9.61. The van der Waals surface area contributed by atoms with Crippen LogP contribution in [0, 0.1) is 11.8 Å². The van der Waals surface area contributed by atoms with Gasteiger partial charge in [0.2, 0.25) is 0 Å². The van der Waals surface area contributed by atoms with Crippen LogP contribution < -0.4 is 0 Å². The van der Waals surface area contributed by atoms with Crippen molar-refractivity contribution in [2.75, 3.05) is 6.54 Å². The van der Waals surface area contributed by atoms with Crippen molar-refractivity contribution in [2.45, 2.75) is 37.9 Å². The highest BCUT2D eigenvalue weighted by Crippen LogP contribution is 2.41. The van der Waals surface area contributed by atoms with Gasteiger partial charge in [0, 0.05) is 6.54 Å². The second kappa shape index (κ2) is 4.44. The summed E-state index contributed by atoms with van der Waals surface area (Å²) in [5, 5.41) is 9.08. The van der Waals surface area contributed by atoms with Gasteiger partial charge in [0.25, 0.3) is 0 Å². The first-order chi connectivity index (χ1) is 8.32.